The Labute approximate surface area is 225 Å². The van der Waals surface area contributed by atoms with Gasteiger partial charge in [-0.05, 0) is 104 Å². The molecule has 0 bridgehead atoms. The number of amides is 1. The van der Waals surface area contributed by atoms with Crippen LogP contribution in [0.2, 0.25) is 0 Å². The van der Waals surface area contributed by atoms with Crippen molar-refractivity contribution in [2.45, 2.75) is 113 Å². The predicted octanol–water partition coefficient (Wildman–Crippen LogP) is 6.71. The molecule has 0 saturated heterocycles. The van der Waals surface area contributed by atoms with Crippen LogP contribution in [0, 0.1) is 56.7 Å². The van der Waals surface area contributed by atoms with Crippen LogP contribution in [0.5, 0.6) is 0 Å². The zero-order valence-electron chi connectivity index (χ0n) is 24.7. The zero-order valence-corrected chi connectivity index (χ0v) is 24.7. The molecule has 4 saturated carbocycles. The van der Waals surface area contributed by atoms with Gasteiger partial charge in [0.05, 0.1) is 5.41 Å². The van der Waals surface area contributed by atoms with Crippen molar-refractivity contribution in [3.05, 3.63) is 11.6 Å². The summed E-state index contributed by atoms with van der Waals surface area (Å²) in [6, 6.07) is 0. The van der Waals surface area contributed by atoms with Crippen LogP contribution < -0.4 is 5.32 Å². The van der Waals surface area contributed by atoms with E-state index in [9.17, 15) is 14.7 Å². The number of rotatable bonds is 4. The van der Waals surface area contributed by atoms with Gasteiger partial charge in [-0.1, -0.05) is 60.1 Å². The molecule has 0 spiro atoms. The molecule has 9 atom stereocenters. The first-order valence-electron chi connectivity index (χ1n) is 15.4. The molecule has 4 fully saturated rings. The number of Topliss-reactive ketones (excluding diaryl/α,β-unsaturated/α-hetero) is 1. The van der Waals surface area contributed by atoms with Crippen molar-refractivity contribution in [3.63, 3.8) is 0 Å². The van der Waals surface area contributed by atoms with E-state index in [0.717, 1.165) is 51.4 Å². The van der Waals surface area contributed by atoms with Crippen LogP contribution in [0.4, 0.5) is 0 Å². The summed E-state index contributed by atoms with van der Waals surface area (Å²) in [7, 11) is 0. The third kappa shape index (κ3) is 3.55. The number of fused-ring (bicyclic) bond motifs is 7. The zero-order chi connectivity index (χ0) is 27.0. The lowest BCUT2D eigenvalue weighted by atomic mass is 9.33. The summed E-state index contributed by atoms with van der Waals surface area (Å²) in [5.41, 5.74) is 1.55. The molecule has 1 amide bonds. The molecule has 4 nitrogen and oxygen atoms in total. The van der Waals surface area contributed by atoms with Gasteiger partial charge in [-0.25, -0.2) is 0 Å². The Morgan fingerprint density at radius 2 is 1.73 bits per heavy atom. The van der Waals surface area contributed by atoms with Gasteiger partial charge in [-0.15, -0.1) is 0 Å². The SMILES string of the molecule is CC1CCC2(C(=O)NCCCO)CCC3(C)C(=CCC4C5(C)CCC(=O)C(C)(C)C5CCC43C)C2C1C. The normalized spacial score (nSPS) is 48.6. The molecule has 0 aromatic carbocycles. The van der Waals surface area contributed by atoms with E-state index in [1.807, 2.05) is 0 Å². The van der Waals surface area contributed by atoms with Gasteiger partial charge in [-0.2, -0.15) is 0 Å². The van der Waals surface area contributed by atoms with Crippen molar-refractivity contribution >= 4 is 11.7 Å². The lowest BCUT2D eigenvalue weighted by Gasteiger charge is -2.71. The van der Waals surface area contributed by atoms with Crippen LogP contribution in [0.25, 0.3) is 0 Å². The van der Waals surface area contributed by atoms with Gasteiger partial charge in [0, 0.05) is 25.0 Å². The molecule has 0 aliphatic heterocycles. The first-order valence-corrected chi connectivity index (χ1v) is 15.4. The Kier molecular flexibility index (Phi) is 6.62. The Bertz CT molecular complexity index is 984. The summed E-state index contributed by atoms with van der Waals surface area (Å²) in [6.45, 7) is 17.6. The first-order chi connectivity index (χ1) is 17.3. The fourth-order valence-corrected chi connectivity index (χ4v) is 11.1. The average molecular weight is 512 g/mol. The molecule has 0 radical (unpaired) electrons. The molecule has 37 heavy (non-hydrogen) atoms. The van der Waals surface area contributed by atoms with E-state index < -0.39 is 0 Å². The monoisotopic (exact) mass is 511 g/mol. The predicted molar refractivity (Wildman–Crippen MR) is 149 cm³/mol. The van der Waals surface area contributed by atoms with Gasteiger partial charge < -0.3 is 10.4 Å². The number of nitrogens with one attached hydrogen (secondary N) is 1. The maximum Gasteiger partial charge on any atom is 0.226 e. The molecule has 5 aliphatic rings. The summed E-state index contributed by atoms with van der Waals surface area (Å²) in [6.07, 6.45) is 12.6. The lowest BCUT2D eigenvalue weighted by molar-refractivity contribution is -0.187. The van der Waals surface area contributed by atoms with E-state index >= 15 is 0 Å². The molecule has 0 aromatic rings. The van der Waals surface area contributed by atoms with Gasteiger partial charge in [0.15, 0.2) is 0 Å². The standard InChI is InChI=1S/C33H53NO3/c1-21-11-16-33(28(37)34-19-8-20-35)18-17-31(6)23(27(33)22(21)2)9-10-25-30(5)14-13-26(36)29(3,4)24(30)12-15-32(25,31)7/h9,21-22,24-25,27,35H,8,10-20H2,1-7H3,(H,34,37). The molecule has 2 N–H and O–H groups in total. The first kappa shape index (κ1) is 27.4. The molecular formula is C33H53NO3. The summed E-state index contributed by atoms with van der Waals surface area (Å²) >= 11 is 0. The van der Waals surface area contributed by atoms with Crippen molar-refractivity contribution in [2.75, 3.05) is 13.2 Å². The maximum absolute atomic E-state index is 13.9. The summed E-state index contributed by atoms with van der Waals surface area (Å²) < 4.78 is 0. The topological polar surface area (TPSA) is 66.4 Å². The third-order valence-corrected chi connectivity index (χ3v) is 13.8. The Morgan fingerprint density at radius 1 is 1.00 bits per heavy atom. The van der Waals surface area contributed by atoms with E-state index in [4.69, 9.17) is 0 Å². The Balaban J connectivity index is 1.56. The van der Waals surface area contributed by atoms with E-state index in [0.29, 0.717) is 48.3 Å². The number of hydrogen-bond acceptors (Lipinski definition) is 3. The van der Waals surface area contributed by atoms with Crippen LogP contribution in [0.3, 0.4) is 0 Å². The number of aliphatic hydroxyl groups is 1. The third-order valence-electron chi connectivity index (χ3n) is 13.8. The van der Waals surface area contributed by atoms with Gasteiger partial charge in [-0.3, -0.25) is 9.59 Å². The van der Waals surface area contributed by atoms with Crippen LogP contribution in [-0.4, -0.2) is 29.9 Å². The summed E-state index contributed by atoms with van der Waals surface area (Å²) in [5.74, 6) is 3.17. The van der Waals surface area contributed by atoms with E-state index in [2.05, 4.69) is 59.9 Å². The van der Waals surface area contributed by atoms with Crippen molar-refractivity contribution in [2.24, 2.45) is 56.7 Å². The second-order valence-electron chi connectivity index (χ2n) is 15.3. The smallest absolute Gasteiger partial charge is 0.226 e. The Morgan fingerprint density at radius 3 is 2.43 bits per heavy atom. The van der Waals surface area contributed by atoms with Crippen molar-refractivity contribution in [1.29, 1.82) is 0 Å². The van der Waals surface area contributed by atoms with Gasteiger partial charge >= 0.3 is 0 Å². The van der Waals surface area contributed by atoms with Gasteiger partial charge in [0.25, 0.3) is 0 Å². The number of carbonyl (C=O) groups excluding carboxylic acids is 2. The quantitative estimate of drug-likeness (QED) is 0.325. The fourth-order valence-electron chi connectivity index (χ4n) is 11.1. The molecule has 5 rings (SSSR count). The van der Waals surface area contributed by atoms with Crippen LogP contribution >= 0.6 is 0 Å². The van der Waals surface area contributed by atoms with E-state index in [-0.39, 0.29) is 39.6 Å². The Hall–Kier alpha value is -1.16. The summed E-state index contributed by atoms with van der Waals surface area (Å²) in [4.78, 5) is 26.9. The lowest BCUT2D eigenvalue weighted by Crippen LogP contribution is -2.65. The van der Waals surface area contributed by atoms with Crippen molar-refractivity contribution in [3.8, 4) is 0 Å². The molecular weight excluding hydrogens is 458 g/mol. The summed E-state index contributed by atoms with van der Waals surface area (Å²) in [5, 5.41) is 12.5. The molecule has 0 heterocycles. The number of hydrogen-bond donors (Lipinski definition) is 2. The van der Waals surface area contributed by atoms with E-state index in [1.165, 1.54) is 6.42 Å². The molecule has 4 heteroatoms. The molecule has 5 aliphatic carbocycles. The minimum Gasteiger partial charge on any atom is -0.396 e. The maximum atomic E-state index is 13.9. The van der Waals surface area contributed by atoms with Gasteiger partial charge in [0.1, 0.15) is 5.78 Å². The molecule has 9 unspecified atom stereocenters. The number of ketones is 1. The van der Waals surface area contributed by atoms with Crippen LogP contribution in [-0.2, 0) is 9.59 Å². The minimum absolute atomic E-state index is 0.0976. The minimum atomic E-state index is -0.309. The number of allylic oxidation sites excluding steroid dienone is 2. The number of aliphatic hydroxyl groups excluding tert-OH is 1. The second-order valence-corrected chi connectivity index (χ2v) is 15.3. The largest absolute Gasteiger partial charge is 0.396 e. The highest BCUT2D eigenvalue weighted by Gasteiger charge is 2.69. The second kappa shape index (κ2) is 8.93. The molecule has 0 aromatic heterocycles. The van der Waals surface area contributed by atoms with E-state index in [1.54, 1.807) is 5.57 Å². The molecule has 208 valence electrons. The van der Waals surface area contributed by atoms with Crippen molar-refractivity contribution in [1.82, 2.24) is 5.32 Å². The van der Waals surface area contributed by atoms with Gasteiger partial charge in [0.2, 0.25) is 5.91 Å². The number of carbonyl (C=O) groups is 2. The van der Waals surface area contributed by atoms with Crippen LogP contribution in [0.15, 0.2) is 11.6 Å². The fraction of sp³-hybridized carbons (Fsp3) is 0.879. The van der Waals surface area contributed by atoms with Crippen LogP contribution in [0.1, 0.15) is 113 Å². The highest BCUT2D eigenvalue weighted by molar-refractivity contribution is 5.85. The average Bonchev–Trinajstić information content (AvgIpc) is 2.84. The highest BCUT2D eigenvalue weighted by Crippen LogP contribution is 2.75. The van der Waals surface area contributed by atoms with Crippen molar-refractivity contribution < 1.29 is 14.7 Å². The highest BCUT2D eigenvalue weighted by atomic mass is 16.3.